The van der Waals surface area contributed by atoms with E-state index < -0.39 is 0 Å². The van der Waals surface area contributed by atoms with Gasteiger partial charge in [0.2, 0.25) is 0 Å². The van der Waals surface area contributed by atoms with Gasteiger partial charge in [0.1, 0.15) is 12.4 Å². The molecule has 0 atom stereocenters. The van der Waals surface area contributed by atoms with Crippen LogP contribution < -0.4 is 10.1 Å². The van der Waals surface area contributed by atoms with Gasteiger partial charge in [0.25, 0.3) is 0 Å². The topological polar surface area (TPSA) is 41.5 Å². The number of rotatable bonds is 7. The smallest absolute Gasteiger partial charge is 0.148 e. The van der Waals surface area contributed by atoms with Crippen molar-refractivity contribution in [1.82, 2.24) is 5.32 Å². The van der Waals surface area contributed by atoms with Gasteiger partial charge in [-0.3, -0.25) is 0 Å². The quantitative estimate of drug-likeness (QED) is 0.724. The lowest BCUT2D eigenvalue weighted by atomic mass is 10.0. The maximum absolute atomic E-state index is 8.98. The monoisotopic (exact) mass is 247 g/mol. The van der Waals surface area contributed by atoms with Crippen molar-refractivity contribution in [2.45, 2.75) is 32.4 Å². The van der Waals surface area contributed by atoms with Gasteiger partial charge in [-0.25, -0.2) is 0 Å². The molecule has 0 saturated carbocycles. The molecular weight excluding hydrogens is 226 g/mol. The van der Waals surface area contributed by atoms with Crippen molar-refractivity contribution in [1.29, 1.82) is 0 Å². The molecule has 1 rings (SSSR count). The van der Waals surface area contributed by atoms with Crippen LogP contribution in [0.1, 0.15) is 25.8 Å². The van der Waals surface area contributed by atoms with Crippen molar-refractivity contribution in [3.8, 4) is 18.1 Å². The Balaban J connectivity index is 2.64. The molecule has 0 saturated heterocycles. The molecule has 0 aliphatic carbocycles. The number of ether oxygens (including phenoxy) is 1. The van der Waals surface area contributed by atoms with Crippen LogP contribution in [0.15, 0.2) is 24.3 Å². The molecule has 0 amide bonds. The van der Waals surface area contributed by atoms with Gasteiger partial charge >= 0.3 is 0 Å². The van der Waals surface area contributed by atoms with Gasteiger partial charge in [0.05, 0.1) is 0 Å². The summed E-state index contributed by atoms with van der Waals surface area (Å²) < 4.78 is 5.49. The molecule has 0 aromatic heterocycles. The average molecular weight is 247 g/mol. The third-order valence-corrected chi connectivity index (χ3v) is 2.78. The molecule has 3 heteroatoms. The summed E-state index contributed by atoms with van der Waals surface area (Å²) in [5, 5.41) is 12.4. The lowest BCUT2D eigenvalue weighted by molar-refractivity contribution is 0.229. The Hall–Kier alpha value is -1.50. The van der Waals surface area contributed by atoms with Crippen molar-refractivity contribution in [3.05, 3.63) is 29.8 Å². The minimum absolute atomic E-state index is 0.103. The summed E-state index contributed by atoms with van der Waals surface area (Å²) in [4.78, 5) is 0. The fraction of sp³-hybridized carbons (Fsp3) is 0.467. The Morgan fingerprint density at radius 3 is 2.78 bits per heavy atom. The molecular formula is C15H21NO2. The van der Waals surface area contributed by atoms with E-state index in [2.05, 4.69) is 25.1 Å². The number of nitrogens with one attached hydrogen (secondary N) is 1. The van der Waals surface area contributed by atoms with E-state index in [-0.39, 0.29) is 18.8 Å². The number of hydrogen-bond donors (Lipinski definition) is 2. The van der Waals surface area contributed by atoms with Crippen LogP contribution >= 0.6 is 0 Å². The number of hydrogen-bond acceptors (Lipinski definition) is 3. The third kappa shape index (κ3) is 4.79. The molecule has 18 heavy (non-hydrogen) atoms. The second-order valence-electron chi connectivity index (χ2n) is 4.81. The van der Waals surface area contributed by atoms with E-state index in [4.69, 9.17) is 16.3 Å². The van der Waals surface area contributed by atoms with Crippen LogP contribution in [0, 0.1) is 12.3 Å². The minimum Gasteiger partial charge on any atom is -0.481 e. The number of aliphatic hydroxyl groups excluding tert-OH is 1. The van der Waals surface area contributed by atoms with Crippen LogP contribution in [0.25, 0.3) is 0 Å². The summed E-state index contributed by atoms with van der Waals surface area (Å²) in [7, 11) is 0. The molecule has 0 fully saturated rings. The summed E-state index contributed by atoms with van der Waals surface area (Å²) >= 11 is 0. The molecule has 3 nitrogen and oxygen atoms in total. The molecule has 0 spiro atoms. The number of aliphatic hydroxyl groups is 1. The second-order valence-corrected chi connectivity index (χ2v) is 4.81. The Morgan fingerprint density at radius 2 is 2.11 bits per heavy atom. The molecule has 0 aliphatic rings. The van der Waals surface area contributed by atoms with E-state index in [0.29, 0.717) is 13.0 Å². The fourth-order valence-electron chi connectivity index (χ4n) is 1.61. The van der Waals surface area contributed by atoms with Gasteiger partial charge in [0, 0.05) is 24.3 Å². The second kappa shape index (κ2) is 7.05. The zero-order valence-electron chi connectivity index (χ0n) is 11.1. The highest BCUT2D eigenvalue weighted by atomic mass is 16.5. The Bertz CT molecular complexity index is 407. The predicted octanol–water partition coefficient (Wildman–Crippen LogP) is 1.95. The van der Waals surface area contributed by atoms with Crippen LogP contribution in [0.3, 0.4) is 0 Å². The van der Waals surface area contributed by atoms with E-state index in [0.717, 1.165) is 11.3 Å². The normalized spacial score (nSPS) is 11.0. The first-order valence-electron chi connectivity index (χ1n) is 6.09. The summed E-state index contributed by atoms with van der Waals surface area (Å²) in [6, 6.07) is 7.81. The van der Waals surface area contributed by atoms with Gasteiger partial charge in [-0.2, -0.15) is 0 Å². The molecule has 1 aromatic carbocycles. The predicted molar refractivity (Wildman–Crippen MR) is 73.4 cm³/mol. The van der Waals surface area contributed by atoms with Crippen molar-refractivity contribution in [3.63, 3.8) is 0 Å². The molecule has 0 aliphatic heterocycles. The van der Waals surface area contributed by atoms with Gasteiger partial charge in [-0.05, 0) is 26.3 Å². The molecule has 98 valence electrons. The molecule has 2 N–H and O–H groups in total. The van der Waals surface area contributed by atoms with E-state index >= 15 is 0 Å². The first-order chi connectivity index (χ1) is 8.59. The highest BCUT2D eigenvalue weighted by molar-refractivity contribution is 5.33. The molecule has 0 bridgehead atoms. The number of para-hydroxylation sites is 1. The summed E-state index contributed by atoms with van der Waals surface area (Å²) in [5.41, 5.74) is 0.965. The largest absolute Gasteiger partial charge is 0.481 e. The van der Waals surface area contributed by atoms with Crippen molar-refractivity contribution in [2.24, 2.45) is 0 Å². The van der Waals surface area contributed by atoms with Crippen LogP contribution in [0.2, 0.25) is 0 Å². The summed E-state index contributed by atoms with van der Waals surface area (Å²) in [6.07, 6.45) is 5.90. The lowest BCUT2D eigenvalue weighted by Gasteiger charge is -2.26. The van der Waals surface area contributed by atoms with E-state index in [1.807, 2.05) is 24.3 Å². The molecule has 0 radical (unpaired) electrons. The first-order valence-corrected chi connectivity index (χ1v) is 6.09. The van der Waals surface area contributed by atoms with Gasteiger partial charge in [0.15, 0.2) is 0 Å². The Labute approximate surface area is 109 Å². The zero-order valence-corrected chi connectivity index (χ0v) is 11.1. The van der Waals surface area contributed by atoms with Crippen LogP contribution in [0.4, 0.5) is 0 Å². The maximum Gasteiger partial charge on any atom is 0.148 e. The third-order valence-electron chi connectivity index (χ3n) is 2.78. The average Bonchev–Trinajstić information content (AvgIpc) is 2.35. The highest BCUT2D eigenvalue weighted by Gasteiger charge is 2.16. The maximum atomic E-state index is 8.98. The minimum atomic E-state index is -0.103. The Morgan fingerprint density at radius 1 is 1.39 bits per heavy atom. The summed E-state index contributed by atoms with van der Waals surface area (Å²) in [5.74, 6) is 3.27. The fourth-order valence-corrected chi connectivity index (χ4v) is 1.61. The lowest BCUT2D eigenvalue weighted by Crippen LogP contribution is -2.39. The highest BCUT2D eigenvalue weighted by Crippen LogP contribution is 2.19. The van der Waals surface area contributed by atoms with Gasteiger partial charge in [-0.1, -0.05) is 24.1 Å². The zero-order chi connectivity index (χ0) is 13.4. The van der Waals surface area contributed by atoms with Crippen LogP contribution in [0.5, 0.6) is 5.75 Å². The van der Waals surface area contributed by atoms with Gasteiger partial charge in [-0.15, -0.1) is 6.42 Å². The molecule has 0 unspecified atom stereocenters. The van der Waals surface area contributed by atoms with Gasteiger partial charge < -0.3 is 15.2 Å². The van der Waals surface area contributed by atoms with Crippen molar-refractivity contribution >= 4 is 0 Å². The number of benzene rings is 1. The van der Waals surface area contributed by atoms with Crippen molar-refractivity contribution in [2.75, 3.05) is 13.2 Å². The van der Waals surface area contributed by atoms with Crippen LogP contribution in [-0.4, -0.2) is 23.9 Å². The molecule has 0 heterocycles. The van der Waals surface area contributed by atoms with E-state index in [1.54, 1.807) is 0 Å². The molecule has 1 aromatic rings. The SMILES string of the molecule is C#CCOc1ccccc1CNC(C)(C)CCO. The first kappa shape index (κ1) is 14.6. The number of terminal acetylenes is 1. The standard InChI is InChI=1S/C15H21NO2/c1-4-11-18-14-8-6-5-7-13(14)12-16-15(2,3)9-10-17/h1,5-8,16-17H,9-12H2,2-3H3. The summed E-state index contributed by atoms with van der Waals surface area (Å²) in [6.45, 7) is 5.27. The van der Waals surface area contributed by atoms with E-state index in [9.17, 15) is 0 Å². The van der Waals surface area contributed by atoms with Crippen molar-refractivity contribution < 1.29 is 9.84 Å². The van der Waals surface area contributed by atoms with Crippen LogP contribution in [-0.2, 0) is 6.54 Å². The Kier molecular flexibility index (Phi) is 5.70. The van der Waals surface area contributed by atoms with E-state index in [1.165, 1.54) is 0 Å².